The molecule has 0 heterocycles. The van der Waals surface area contributed by atoms with Crippen molar-refractivity contribution in [1.29, 1.82) is 0 Å². The van der Waals surface area contributed by atoms with E-state index < -0.39 is 0 Å². The van der Waals surface area contributed by atoms with Gasteiger partial charge >= 0.3 is 0 Å². The molecule has 0 fully saturated rings. The first-order valence-electron chi connectivity index (χ1n) is 5.90. The third-order valence-corrected chi connectivity index (χ3v) is 2.82. The predicted molar refractivity (Wildman–Crippen MR) is 61.4 cm³/mol. The molecule has 1 heteroatoms. The highest BCUT2D eigenvalue weighted by molar-refractivity contribution is 5.20. The molecule has 1 nitrogen and oxygen atoms in total. The van der Waals surface area contributed by atoms with Crippen molar-refractivity contribution in [2.45, 2.75) is 58.3 Å². The number of allylic oxidation sites excluding steroid dienone is 4. The lowest BCUT2D eigenvalue weighted by atomic mass is 9.98. The highest BCUT2D eigenvalue weighted by Gasteiger charge is 2.04. The molecule has 0 unspecified atom stereocenters. The molecule has 0 bridgehead atoms. The van der Waals surface area contributed by atoms with Crippen molar-refractivity contribution in [3.8, 4) is 0 Å². The smallest absolute Gasteiger partial charge is 0.0925 e. The van der Waals surface area contributed by atoms with Crippen molar-refractivity contribution >= 4 is 0 Å². The van der Waals surface area contributed by atoms with Gasteiger partial charge in [-0.3, -0.25) is 0 Å². The first kappa shape index (κ1) is 11.4. The Hall–Kier alpha value is -0.720. The van der Waals surface area contributed by atoms with Crippen molar-refractivity contribution in [3.63, 3.8) is 0 Å². The molecule has 0 aromatic rings. The van der Waals surface area contributed by atoms with Gasteiger partial charge in [-0.2, -0.15) is 0 Å². The maximum absolute atomic E-state index is 9.19. The molecule has 0 atom stereocenters. The second-order valence-corrected chi connectivity index (χ2v) is 4.15. The molecule has 0 aliphatic heterocycles. The first-order chi connectivity index (χ1) is 6.83. The number of aliphatic hydroxyl groups is 1. The Balaban J connectivity index is 2.07. The molecule has 80 valence electrons. The topological polar surface area (TPSA) is 20.2 Å². The van der Waals surface area contributed by atoms with Gasteiger partial charge in [-0.15, -0.1) is 0 Å². The van der Waals surface area contributed by atoms with Gasteiger partial charge in [0.1, 0.15) is 0 Å². The van der Waals surface area contributed by atoms with Crippen LogP contribution in [0.3, 0.4) is 0 Å². The molecule has 1 aliphatic rings. The van der Waals surface area contributed by atoms with Crippen LogP contribution >= 0.6 is 0 Å². The second-order valence-electron chi connectivity index (χ2n) is 4.15. The Morgan fingerprint density at radius 2 is 1.86 bits per heavy atom. The van der Waals surface area contributed by atoms with Gasteiger partial charge in [0.2, 0.25) is 0 Å². The van der Waals surface area contributed by atoms with Gasteiger partial charge in [0, 0.05) is 6.42 Å². The molecule has 0 saturated heterocycles. The molecule has 0 amide bonds. The average Bonchev–Trinajstić information content (AvgIpc) is 2.21. The molecule has 14 heavy (non-hydrogen) atoms. The first-order valence-corrected chi connectivity index (χ1v) is 5.90. The summed E-state index contributed by atoms with van der Waals surface area (Å²) in [6, 6.07) is 0. The molecule has 1 rings (SSSR count). The number of hydrogen-bond donors (Lipinski definition) is 1. The van der Waals surface area contributed by atoms with Gasteiger partial charge in [-0.05, 0) is 25.3 Å². The van der Waals surface area contributed by atoms with Crippen LogP contribution in [0.2, 0.25) is 0 Å². The van der Waals surface area contributed by atoms with Crippen molar-refractivity contribution in [2.75, 3.05) is 0 Å². The fourth-order valence-electron chi connectivity index (χ4n) is 1.83. The van der Waals surface area contributed by atoms with Crippen LogP contribution in [0.15, 0.2) is 23.5 Å². The van der Waals surface area contributed by atoms with E-state index in [0.717, 1.165) is 12.8 Å². The van der Waals surface area contributed by atoms with E-state index in [1.165, 1.54) is 44.1 Å². The zero-order valence-corrected chi connectivity index (χ0v) is 9.26. The van der Waals surface area contributed by atoms with E-state index in [1.807, 2.05) is 6.08 Å². The molecular formula is C13H22O. The van der Waals surface area contributed by atoms with Crippen molar-refractivity contribution < 1.29 is 5.11 Å². The van der Waals surface area contributed by atoms with E-state index in [-0.39, 0.29) is 0 Å². The van der Waals surface area contributed by atoms with E-state index in [4.69, 9.17) is 0 Å². The number of rotatable bonds is 6. The molecule has 0 spiro atoms. The summed E-state index contributed by atoms with van der Waals surface area (Å²) >= 11 is 0. The third-order valence-electron chi connectivity index (χ3n) is 2.82. The SMILES string of the molecule is CCCCCCCC1=CC=C(O)CC1. The molecular weight excluding hydrogens is 172 g/mol. The summed E-state index contributed by atoms with van der Waals surface area (Å²) in [7, 11) is 0. The van der Waals surface area contributed by atoms with Crippen LogP contribution in [0.4, 0.5) is 0 Å². The zero-order chi connectivity index (χ0) is 10.2. The average molecular weight is 194 g/mol. The maximum Gasteiger partial charge on any atom is 0.0925 e. The van der Waals surface area contributed by atoms with Crippen molar-refractivity contribution in [2.24, 2.45) is 0 Å². The van der Waals surface area contributed by atoms with Crippen LogP contribution in [0, 0.1) is 0 Å². The largest absolute Gasteiger partial charge is 0.512 e. The van der Waals surface area contributed by atoms with Crippen molar-refractivity contribution in [1.82, 2.24) is 0 Å². The van der Waals surface area contributed by atoms with Crippen LogP contribution in [0.5, 0.6) is 0 Å². The van der Waals surface area contributed by atoms with E-state index in [1.54, 1.807) is 0 Å². The fourth-order valence-corrected chi connectivity index (χ4v) is 1.83. The predicted octanol–water partition coefficient (Wildman–Crippen LogP) is 4.51. The summed E-state index contributed by atoms with van der Waals surface area (Å²) in [5, 5.41) is 9.19. The van der Waals surface area contributed by atoms with Crippen LogP contribution in [0.25, 0.3) is 0 Å². The lowest BCUT2D eigenvalue weighted by Crippen LogP contribution is -1.93. The van der Waals surface area contributed by atoms with Crippen molar-refractivity contribution in [3.05, 3.63) is 23.5 Å². The minimum absolute atomic E-state index is 0.541. The van der Waals surface area contributed by atoms with E-state index in [0.29, 0.717) is 5.76 Å². The molecule has 0 saturated carbocycles. The maximum atomic E-state index is 9.19. The minimum Gasteiger partial charge on any atom is -0.512 e. The zero-order valence-electron chi connectivity index (χ0n) is 9.26. The molecule has 0 radical (unpaired) electrons. The summed E-state index contributed by atoms with van der Waals surface area (Å²) in [6.45, 7) is 2.25. The lowest BCUT2D eigenvalue weighted by Gasteiger charge is -2.10. The number of unbranched alkanes of at least 4 members (excludes halogenated alkanes) is 4. The Kier molecular flexibility index (Phi) is 5.43. The summed E-state index contributed by atoms with van der Waals surface area (Å²) in [4.78, 5) is 0. The van der Waals surface area contributed by atoms with Crippen LogP contribution in [-0.2, 0) is 0 Å². The highest BCUT2D eigenvalue weighted by atomic mass is 16.3. The van der Waals surface area contributed by atoms with Gasteiger partial charge in [0.25, 0.3) is 0 Å². The van der Waals surface area contributed by atoms with Crippen LogP contribution in [0.1, 0.15) is 58.3 Å². The quantitative estimate of drug-likeness (QED) is 0.617. The summed E-state index contributed by atoms with van der Waals surface area (Å²) < 4.78 is 0. The Labute approximate surface area is 87.5 Å². The van der Waals surface area contributed by atoms with Crippen LogP contribution in [-0.4, -0.2) is 5.11 Å². The third kappa shape index (κ3) is 4.50. The van der Waals surface area contributed by atoms with Gasteiger partial charge in [0.05, 0.1) is 5.76 Å². The summed E-state index contributed by atoms with van der Waals surface area (Å²) in [5.74, 6) is 0.541. The van der Waals surface area contributed by atoms with Gasteiger partial charge < -0.3 is 5.11 Å². The Morgan fingerprint density at radius 3 is 2.50 bits per heavy atom. The summed E-state index contributed by atoms with van der Waals surface area (Å²) in [5.41, 5.74) is 1.51. The number of hydrogen-bond acceptors (Lipinski definition) is 1. The molecule has 1 N–H and O–H groups in total. The van der Waals surface area contributed by atoms with E-state index in [2.05, 4.69) is 13.0 Å². The van der Waals surface area contributed by atoms with E-state index >= 15 is 0 Å². The fraction of sp³-hybridized carbons (Fsp3) is 0.692. The summed E-state index contributed by atoms with van der Waals surface area (Å²) in [6.07, 6.45) is 13.8. The van der Waals surface area contributed by atoms with Gasteiger partial charge in [-0.1, -0.05) is 44.3 Å². The number of aliphatic hydroxyl groups excluding tert-OH is 1. The van der Waals surface area contributed by atoms with Crippen LogP contribution < -0.4 is 0 Å². The molecule has 1 aliphatic carbocycles. The van der Waals surface area contributed by atoms with E-state index in [9.17, 15) is 5.11 Å². The Bertz CT molecular complexity index is 213. The van der Waals surface area contributed by atoms with Gasteiger partial charge in [-0.25, -0.2) is 0 Å². The molecule has 0 aromatic carbocycles. The standard InChI is InChI=1S/C13H22O/c1-2-3-4-5-6-7-12-8-10-13(14)11-9-12/h8,10,14H,2-7,9,11H2,1H3. The minimum atomic E-state index is 0.541. The second kappa shape index (κ2) is 6.69. The van der Waals surface area contributed by atoms with Gasteiger partial charge in [0.15, 0.2) is 0 Å². The lowest BCUT2D eigenvalue weighted by molar-refractivity contribution is 0.384. The normalized spacial score (nSPS) is 16.4. The Morgan fingerprint density at radius 1 is 1.07 bits per heavy atom. The monoisotopic (exact) mass is 194 g/mol. The molecule has 0 aromatic heterocycles. The highest BCUT2D eigenvalue weighted by Crippen LogP contribution is 2.21.